The van der Waals surface area contributed by atoms with Gasteiger partial charge in [0, 0.05) is 6.54 Å². The van der Waals surface area contributed by atoms with Gasteiger partial charge in [0.15, 0.2) is 0 Å². The van der Waals surface area contributed by atoms with Crippen LogP contribution in [0.4, 0.5) is 0 Å². The molecule has 2 N–H and O–H groups in total. The Morgan fingerprint density at radius 3 is 2.82 bits per heavy atom. The molecule has 1 unspecified atom stereocenters. The van der Waals surface area contributed by atoms with E-state index in [0.717, 1.165) is 31.5 Å². The molecule has 0 aromatic heterocycles. The van der Waals surface area contributed by atoms with Gasteiger partial charge in [0.05, 0.1) is 12.0 Å². The standard InChI is InChI=1S/C14H20N2O/c1-11(12-6-3-2-4-7-12)16-14(17)13-8-5-9-15-10-13/h2-4,6-7,11,13,15H,5,8-10H2,1H3,(H,16,17)/t11-,13?/m0/s1. The van der Waals surface area contributed by atoms with Crippen molar-refractivity contribution in [2.45, 2.75) is 25.8 Å². The van der Waals surface area contributed by atoms with Crippen molar-refractivity contribution < 1.29 is 4.79 Å². The zero-order valence-electron chi connectivity index (χ0n) is 10.3. The van der Waals surface area contributed by atoms with E-state index in [4.69, 9.17) is 0 Å². The Morgan fingerprint density at radius 1 is 1.41 bits per heavy atom. The van der Waals surface area contributed by atoms with Crippen molar-refractivity contribution in [1.29, 1.82) is 0 Å². The summed E-state index contributed by atoms with van der Waals surface area (Å²) < 4.78 is 0. The summed E-state index contributed by atoms with van der Waals surface area (Å²) in [6, 6.07) is 10.2. The number of benzene rings is 1. The van der Waals surface area contributed by atoms with Gasteiger partial charge in [-0.1, -0.05) is 30.3 Å². The van der Waals surface area contributed by atoms with E-state index in [2.05, 4.69) is 10.6 Å². The second kappa shape index (κ2) is 5.82. The minimum Gasteiger partial charge on any atom is -0.349 e. The minimum absolute atomic E-state index is 0.0885. The normalized spacial score (nSPS) is 21.8. The average molecular weight is 232 g/mol. The zero-order valence-corrected chi connectivity index (χ0v) is 10.3. The maximum atomic E-state index is 12.0. The van der Waals surface area contributed by atoms with Crippen LogP contribution in [-0.2, 0) is 4.79 Å². The van der Waals surface area contributed by atoms with Gasteiger partial charge in [-0.05, 0) is 31.9 Å². The highest BCUT2D eigenvalue weighted by Crippen LogP contribution is 2.15. The first-order valence-electron chi connectivity index (χ1n) is 6.33. The summed E-state index contributed by atoms with van der Waals surface area (Å²) in [7, 11) is 0. The van der Waals surface area contributed by atoms with E-state index in [9.17, 15) is 4.79 Å². The van der Waals surface area contributed by atoms with Gasteiger partial charge in [-0.2, -0.15) is 0 Å². The van der Waals surface area contributed by atoms with Gasteiger partial charge in [-0.15, -0.1) is 0 Å². The third kappa shape index (κ3) is 3.30. The van der Waals surface area contributed by atoms with Gasteiger partial charge in [-0.25, -0.2) is 0 Å². The van der Waals surface area contributed by atoms with E-state index in [-0.39, 0.29) is 17.9 Å². The molecule has 1 heterocycles. The van der Waals surface area contributed by atoms with E-state index in [1.54, 1.807) is 0 Å². The molecule has 1 aromatic rings. The first kappa shape index (κ1) is 12.1. The monoisotopic (exact) mass is 232 g/mol. The van der Waals surface area contributed by atoms with Gasteiger partial charge in [-0.3, -0.25) is 4.79 Å². The van der Waals surface area contributed by atoms with Crippen molar-refractivity contribution in [1.82, 2.24) is 10.6 Å². The fraction of sp³-hybridized carbons (Fsp3) is 0.500. The van der Waals surface area contributed by atoms with Crippen LogP contribution in [0.5, 0.6) is 0 Å². The van der Waals surface area contributed by atoms with Crippen molar-refractivity contribution in [2.75, 3.05) is 13.1 Å². The minimum atomic E-state index is 0.0885. The molecule has 1 amide bonds. The molecule has 1 fully saturated rings. The molecule has 3 heteroatoms. The van der Waals surface area contributed by atoms with Gasteiger partial charge in [0.25, 0.3) is 0 Å². The lowest BCUT2D eigenvalue weighted by Crippen LogP contribution is -2.41. The molecule has 0 aliphatic carbocycles. The van der Waals surface area contributed by atoms with Gasteiger partial charge in [0.1, 0.15) is 0 Å². The van der Waals surface area contributed by atoms with E-state index < -0.39 is 0 Å². The van der Waals surface area contributed by atoms with Gasteiger partial charge < -0.3 is 10.6 Å². The molecule has 0 bridgehead atoms. The van der Waals surface area contributed by atoms with Gasteiger partial charge in [0.2, 0.25) is 5.91 Å². The summed E-state index contributed by atoms with van der Waals surface area (Å²) in [6.45, 7) is 3.88. The highest BCUT2D eigenvalue weighted by atomic mass is 16.1. The fourth-order valence-corrected chi connectivity index (χ4v) is 2.23. The molecule has 92 valence electrons. The highest BCUT2D eigenvalue weighted by molar-refractivity contribution is 5.79. The van der Waals surface area contributed by atoms with E-state index in [1.165, 1.54) is 0 Å². The summed E-state index contributed by atoms with van der Waals surface area (Å²) in [5.74, 6) is 0.309. The quantitative estimate of drug-likeness (QED) is 0.835. The molecule has 2 atom stereocenters. The number of amides is 1. The van der Waals surface area contributed by atoms with Crippen LogP contribution in [-0.4, -0.2) is 19.0 Å². The number of rotatable bonds is 3. The van der Waals surface area contributed by atoms with Crippen molar-refractivity contribution in [3.63, 3.8) is 0 Å². The van der Waals surface area contributed by atoms with E-state index >= 15 is 0 Å². The SMILES string of the molecule is C[C@H](NC(=O)C1CCCNC1)c1ccccc1. The Bertz CT molecular complexity index is 358. The second-order valence-corrected chi connectivity index (χ2v) is 4.68. The van der Waals surface area contributed by atoms with Crippen LogP contribution in [0, 0.1) is 5.92 Å². The first-order valence-corrected chi connectivity index (χ1v) is 6.33. The Hall–Kier alpha value is -1.35. The molecule has 1 saturated heterocycles. The largest absolute Gasteiger partial charge is 0.349 e. The molecule has 17 heavy (non-hydrogen) atoms. The van der Waals surface area contributed by atoms with Crippen LogP contribution >= 0.6 is 0 Å². The molecule has 1 aromatic carbocycles. The lowest BCUT2D eigenvalue weighted by Gasteiger charge is -2.24. The van der Waals surface area contributed by atoms with Crippen LogP contribution in [0.15, 0.2) is 30.3 Å². The molecule has 0 saturated carbocycles. The zero-order chi connectivity index (χ0) is 12.1. The lowest BCUT2D eigenvalue weighted by atomic mass is 9.98. The number of hydrogen-bond donors (Lipinski definition) is 2. The summed E-state index contributed by atoms with van der Waals surface area (Å²) in [5, 5.41) is 6.35. The summed E-state index contributed by atoms with van der Waals surface area (Å²) in [4.78, 5) is 12.0. The van der Waals surface area contributed by atoms with Crippen LogP contribution in [0.3, 0.4) is 0 Å². The summed E-state index contributed by atoms with van der Waals surface area (Å²) >= 11 is 0. The number of carbonyl (C=O) groups excluding carboxylic acids is 1. The van der Waals surface area contributed by atoms with E-state index in [0.29, 0.717) is 0 Å². The number of hydrogen-bond acceptors (Lipinski definition) is 2. The molecular weight excluding hydrogens is 212 g/mol. The maximum Gasteiger partial charge on any atom is 0.224 e. The fourth-order valence-electron chi connectivity index (χ4n) is 2.23. The van der Waals surface area contributed by atoms with Crippen molar-refractivity contribution in [3.8, 4) is 0 Å². The Labute approximate surface area is 103 Å². The average Bonchev–Trinajstić information content (AvgIpc) is 2.40. The number of nitrogens with one attached hydrogen (secondary N) is 2. The predicted molar refractivity (Wildman–Crippen MR) is 68.6 cm³/mol. The van der Waals surface area contributed by atoms with Gasteiger partial charge >= 0.3 is 0 Å². The topological polar surface area (TPSA) is 41.1 Å². The van der Waals surface area contributed by atoms with Crippen LogP contribution in [0.1, 0.15) is 31.4 Å². The molecular formula is C14H20N2O. The maximum absolute atomic E-state index is 12.0. The Morgan fingerprint density at radius 2 is 2.18 bits per heavy atom. The number of carbonyl (C=O) groups is 1. The molecule has 1 aliphatic heterocycles. The molecule has 1 aliphatic rings. The van der Waals surface area contributed by atoms with Crippen LogP contribution in [0.25, 0.3) is 0 Å². The van der Waals surface area contributed by atoms with Crippen LogP contribution in [0.2, 0.25) is 0 Å². The summed E-state index contributed by atoms with van der Waals surface area (Å²) in [5.41, 5.74) is 1.16. The predicted octanol–water partition coefficient (Wildman–Crippen LogP) is 1.86. The first-order chi connectivity index (χ1) is 8.27. The van der Waals surface area contributed by atoms with Crippen molar-refractivity contribution in [2.24, 2.45) is 5.92 Å². The summed E-state index contributed by atoms with van der Waals surface area (Å²) in [6.07, 6.45) is 2.10. The number of piperidine rings is 1. The third-order valence-corrected chi connectivity index (χ3v) is 3.33. The third-order valence-electron chi connectivity index (χ3n) is 3.33. The molecule has 0 spiro atoms. The molecule has 2 rings (SSSR count). The smallest absolute Gasteiger partial charge is 0.224 e. The highest BCUT2D eigenvalue weighted by Gasteiger charge is 2.22. The van der Waals surface area contributed by atoms with Crippen LogP contribution < -0.4 is 10.6 Å². The Balaban J connectivity index is 1.89. The lowest BCUT2D eigenvalue weighted by molar-refractivity contribution is -0.126. The van der Waals surface area contributed by atoms with Crippen molar-refractivity contribution >= 4 is 5.91 Å². The molecule has 0 radical (unpaired) electrons. The van der Waals surface area contributed by atoms with Crippen molar-refractivity contribution in [3.05, 3.63) is 35.9 Å². The second-order valence-electron chi connectivity index (χ2n) is 4.68. The van der Waals surface area contributed by atoms with E-state index in [1.807, 2.05) is 37.3 Å². The molecule has 3 nitrogen and oxygen atoms in total. The Kier molecular flexibility index (Phi) is 4.15.